The number of rotatable bonds is 5. The molecule has 3 rings (SSSR count). The first-order valence-electron chi connectivity index (χ1n) is 9.76. The fraction of sp³-hybridized carbons (Fsp3) is 0.778. The predicted molar refractivity (Wildman–Crippen MR) is 99.0 cm³/mol. The van der Waals surface area contributed by atoms with Gasteiger partial charge < -0.3 is 9.88 Å². The molecule has 7 nitrogen and oxygen atoms in total. The summed E-state index contributed by atoms with van der Waals surface area (Å²) >= 11 is 0. The molecule has 146 valence electrons. The van der Waals surface area contributed by atoms with E-state index < -0.39 is 10.0 Å². The zero-order valence-electron chi connectivity index (χ0n) is 15.6. The number of hydrogen-bond acceptors (Lipinski definition) is 4. The summed E-state index contributed by atoms with van der Waals surface area (Å²) in [6, 6.07) is 0.243. The van der Waals surface area contributed by atoms with E-state index in [2.05, 4.69) is 17.2 Å². The summed E-state index contributed by atoms with van der Waals surface area (Å²) in [5.74, 6) is 0.483. The van der Waals surface area contributed by atoms with Gasteiger partial charge in [0.1, 0.15) is 6.54 Å². The fourth-order valence-electron chi connectivity index (χ4n) is 3.78. The Morgan fingerprint density at radius 1 is 1.15 bits per heavy atom. The molecule has 0 atom stereocenters. The number of nitrogens with one attached hydrogen (secondary N) is 1. The van der Waals surface area contributed by atoms with Crippen LogP contribution < -0.4 is 5.32 Å². The van der Waals surface area contributed by atoms with Gasteiger partial charge in [0.2, 0.25) is 5.91 Å². The lowest BCUT2D eigenvalue weighted by Gasteiger charge is -2.28. The number of hydrogen-bond donors (Lipinski definition) is 1. The molecule has 0 bridgehead atoms. The van der Waals surface area contributed by atoms with E-state index in [4.69, 9.17) is 0 Å². The highest BCUT2D eigenvalue weighted by Gasteiger charge is 2.30. The van der Waals surface area contributed by atoms with Gasteiger partial charge >= 0.3 is 0 Å². The third-order valence-electron chi connectivity index (χ3n) is 5.50. The first-order valence-corrected chi connectivity index (χ1v) is 11.2. The van der Waals surface area contributed by atoms with E-state index in [9.17, 15) is 13.2 Å². The molecule has 1 aromatic rings. The van der Waals surface area contributed by atoms with E-state index >= 15 is 0 Å². The number of sulfonamides is 1. The van der Waals surface area contributed by atoms with Gasteiger partial charge in [0.25, 0.3) is 10.0 Å². The van der Waals surface area contributed by atoms with E-state index in [0.717, 1.165) is 38.5 Å². The van der Waals surface area contributed by atoms with Crippen LogP contribution in [0.4, 0.5) is 0 Å². The highest BCUT2D eigenvalue weighted by Crippen LogP contribution is 2.22. The van der Waals surface area contributed by atoms with Crippen molar-refractivity contribution in [2.75, 3.05) is 13.1 Å². The van der Waals surface area contributed by atoms with E-state index in [0.29, 0.717) is 19.0 Å². The molecule has 1 aliphatic heterocycles. The topological polar surface area (TPSA) is 84.3 Å². The molecule has 0 radical (unpaired) electrons. The molecule has 1 amide bonds. The van der Waals surface area contributed by atoms with E-state index in [1.54, 1.807) is 4.57 Å². The summed E-state index contributed by atoms with van der Waals surface area (Å²) in [6.45, 7) is 3.33. The van der Waals surface area contributed by atoms with Gasteiger partial charge in [-0.1, -0.05) is 32.6 Å². The molecule has 2 aliphatic rings. The minimum absolute atomic E-state index is 0.0364. The molecule has 2 fully saturated rings. The molecule has 0 unspecified atom stereocenters. The summed E-state index contributed by atoms with van der Waals surface area (Å²) in [6.07, 6.45) is 11.5. The summed E-state index contributed by atoms with van der Waals surface area (Å²) < 4.78 is 28.5. The van der Waals surface area contributed by atoms with Crippen molar-refractivity contribution < 1.29 is 13.2 Å². The van der Waals surface area contributed by atoms with Crippen molar-refractivity contribution in [2.45, 2.75) is 75.9 Å². The van der Waals surface area contributed by atoms with Crippen molar-refractivity contribution in [2.24, 2.45) is 5.92 Å². The van der Waals surface area contributed by atoms with Gasteiger partial charge in [-0.2, -0.15) is 4.31 Å². The molecule has 8 heteroatoms. The number of carbonyl (C=O) groups is 1. The molecule has 2 heterocycles. The van der Waals surface area contributed by atoms with Crippen molar-refractivity contribution in [3.05, 3.63) is 12.5 Å². The van der Waals surface area contributed by atoms with Crippen LogP contribution in [0.2, 0.25) is 0 Å². The second-order valence-electron chi connectivity index (χ2n) is 7.73. The number of carbonyl (C=O) groups excluding carboxylic acids is 1. The zero-order valence-corrected chi connectivity index (χ0v) is 16.4. The van der Waals surface area contributed by atoms with Gasteiger partial charge in [-0.25, -0.2) is 13.4 Å². The average Bonchev–Trinajstić information content (AvgIpc) is 2.92. The third-order valence-corrected chi connectivity index (χ3v) is 7.29. The minimum atomic E-state index is -3.56. The van der Waals surface area contributed by atoms with Gasteiger partial charge in [-0.15, -0.1) is 0 Å². The quantitative estimate of drug-likeness (QED) is 0.791. The number of nitrogens with zero attached hydrogens (tertiary/aromatic N) is 3. The maximum atomic E-state index is 12.7. The predicted octanol–water partition coefficient (Wildman–Crippen LogP) is 2.14. The maximum Gasteiger partial charge on any atom is 0.262 e. The molecular formula is C18H30N4O3S. The molecule has 26 heavy (non-hydrogen) atoms. The van der Waals surface area contributed by atoms with Crippen LogP contribution in [-0.4, -0.2) is 47.3 Å². The monoisotopic (exact) mass is 382 g/mol. The Morgan fingerprint density at radius 2 is 1.81 bits per heavy atom. The van der Waals surface area contributed by atoms with Gasteiger partial charge in [0.15, 0.2) is 5.03 Å². The molecule has 1 aromatic heterocycles. The average molecular weight is 383 g/mol. The first-order chi connectivity index (χ1) is 12.4. The lowest BCUT2D eigenvalue weighted by atomic mass is 10.0. The van der Waals surface area contributed by atoms with Crippen molar-refractivity contribution >= 4 is 15.9 Å². The first kappa shape index (κ1) is 19.4. The van der Waals surface area contributed by atoms with Crippen molar-refractivity contribution in [1.29, 1.82) is 0 Å². The van der Waals surface area contributed by atoms with Crippen LogP contribution in [-0.2, 0) is 21.4 Å². The normalized spacial score (nSPS) is 21.4. The van der Waals surface area contributed by atoms with Crippen molar-refractivity contribution in [3.63, 3.8) is 0 Å². The summed E-state index contributed by atoms with van der Waals surface area (Å²) in [4.78, 5) is 16.3. The lowest BCUT2D eigenvalue weighted by Crippen LogP contribution is -2.38. The Labute approximate surface area is 156 Å². The molecule has 0 spiro atoms. The molecule has 1 saturated heterocycles. The second-order valence-corrected chi connectivity index (χ2v) is 9.61. The van der Waals surface area contributed by atoms with Crippen LogP contribution >= 0.6 is 0 Å². The Morgan fingerprint density at radius 3 is 2.46 bits per heavy atom. The van der Waals surface area contributed by atoms with Gasteiger partial charge in [0.05, 0.1) is 6.33 Å². The molecule has 1 N–H and O–H groups in total. The highest BCUT2D eigenvalue weighted by molar-refractivity contribution is 7.89. The fourth-order valence-corrected chi connectivity index (χ4v) is 5.18. The van der Waals surface area contributed by atoms with Gasteiger partial charge in [-0.05, 0) is 31.6 Å². The third kappa shape index (κ3) is 4.85. The van der Waals surface area contributed by atoms with E-state index in [1.165, 1.54) is 29.7 Å². The standard InChI is InChI=1S/C18H30N4O3S/c1-15-8-10-22(11-9-15)26(24,25)18-13-21(14-19-18)12-17(23)20-16-6-4-2-3-5-7-16/h13-16H,2-12H2,1H3,(H,20,23). The van der Waals surface area contributed by atoms with Crippen molar-refractivity contribution in [3.8, 4) is 0 Å². The lowest BCUT2D eigenvalue weighted by molar-refractivity contribution is -0.122. The largest absolute Gasteiger partial charge is 0.352 e. The van der Waals surface area contributed by atoms with Gasteiger partial charge in [-0.3, -0.25) is 4.79 Å². The van der Waals surface area contributed by atoms with Crippen LogP contribution in [0, 0.1) is 5.92 Å². The van der Waals surface area contributed by atoms with Crippen LogP contribution in [0.1, 0.15) is 58.3 Å². The Hall–Kier alpha value is -1.41. The Kier molecular flexibility index (Phi) is 6.34. The van der Waals surface area contributed by atoms with E-state index in [-0.39, 0.29) is 23.5 Å². The number of amides is 1. The highest BCUT2D eigenvalue weighted by atomic mass is 32.2. The van der Waals surface area contributed by atoms with Crippen LogP contribution in [0.25, 0.3) is 0 Å². The summed E-state index contributed by atoms with van der Waals surface area (Å²) in [5, 5.41) is 3.11. The minimum Gasteiger partial charge on any atom is -0.352 e. The van der Waals surface area contributed by atoms with Crippen molar-refractivity contribution in [1.82, 2.24) is 19.2 Å². The molecule has 1 aliphatic carbocycles. The van der Waals surface area contributed by atoms with Crippen LogP contribution in [0.15, 0.2) is 17.6 Å². The Balaban J connectivity index is 1.57. The van der Waals surface area contributed by atoms with Gasteiger partial charge in [0, 0.05) is 25.3 Å². The smallest absolute Gasteiger partial charge is 0.262 e. The molecular weight excluding hydrogens is 352 g/mol. The SMILES string of the molecule is CC1CCN(S(=O)(=O)c2cn(CC(=O)NC3CCCCCC3)cn2)CC1. The summed E-state index contributed by atoms with van der Waals surface area (Å²) in [5.41, 5.74) is 0. The van der Waals surface area contributed by atoms with Crippen LogP contribution in [0.3, 0.4) is 0 Å². The molecule has 0 aromatic carbocycles. The Bertz CT molecular complexity index is 700. The summed E-state index contributed by atoms with van der Waals surface area (Å²) in [7, 11) is -3.56. The van der Waals surface area contributed by atoms with E-state index in [1.807, 2.05) is 0 Å². The second kappa shape index (κ2) is 8.52. The number of imidazole rings is 1. The van der Waals surface area contributed by atoms with Crippen LogP contribution in [0.5, 0.6) is 0 Å². The number of piperidine rings is 1. The maximum absolute atomic E-state index is 12.7. The molecule has 1 saturated carbocycles. The number of aromatic nitrogens is 2. The zero-order chi connectivity index (χ0) is 18.6.